The highest BCUT2D eigenvalue weighted by Gasteiger charge is 2.33. The van der Waals surface area contributed by atoms with E-state index in [-0.39, 0.29) is 29.0 Å². The van der Waals surface area contributed by atoms with E-state index in [2.05, 4.69) is 6.07 Å². The van der Waals surface area contributed by atoms with E-state index in [1.807, 2.05) is 18.2 Å². The predicted octanol–water partition coefficient (Wildman–Crippen LogP) is 2.49. The summed E-state index contributed by atoms with van der Waals surface area (Å²) in [6, 6.07) is 13.0. The molecule has 2 aromatic rings. The molecule has 3 aliphatic rings. The number of sulfonamides is 1. The smallest absolute Gasteiger partial charge is 0.243 e. The number of carbonyl (C=O) groups excluding carboxylic acids is 2. The van der Waals surface area contributed by atoms with Gasteiger partial charge in [0.25, 0.3) is 0 Å². The highest BCUT2D eigenvalue weighted by atomic mass is 32.2. The van der Waals surface area contributed by atoms with Crippen molar-refractivity contribution in [3.63, 3.8) is 0 Å². The number of rotatable bonds is 4. The van der Waals surface area contributed by atoms with Gasteiger partial charge in [0.1, 0.15) is 6.54 Å². The van der Waals surface area contributed by atoms with Crippen LogP contribution in [-0.4, -0.2) is 61.4 Å². The maximum Gasteiger partial charge on any atom is 0.243 e. The van der Waals surface area contributed by atoms with Crippen molar-refractivity contribution in [1.29, 1.82) is 0 Å². The SMILES string of the molecule is O=C(CN1C(=O)CSc2ccc(S(=O)(=O)N3CCCC3)cc21)N1CCc2ccccc2C1. The largest absolute Gasteiger partial charge is 0.336 e. The van der Waals surface area contributed by atoms with Gasteiger partial charge < -0.3 is 9.80 Å². The fourth-order valence-corrected chi connectivity index (χ4v) is 6.99. The van der Waals surface area contributed by atoms with Crippen LogP contribution in [0.2, 0.25) is 0 Å². The van der Waals surface area contributed by atoms with Crippen LogP contribution < -0.4 is 4.90 Å². The summed E-state index contributed by atoms with van der Waals surface area (Å²) in [4.78, 5) is 30.1. The normalized spacial score (nSPS) is 19.1. The molecule has 7 nitrogen and oxygen atoms in total. The van der Waals surface area contributed by atoms with Gasteiger partial charge in [0.05, 0.1) is 16.3 Å². The first-order valence-electron chi connectivity index (χ1n) is 10.9. The number of fused-ring (bicyclic) bond motifs is 2. The number of anilines is 1. The number of nitrogens with zero attached hydrogens (tertiary/aromatic N) is 3. The van der Waals surface area contributed by atoms with Crippen LogP contribution in [0.5, 0.6) is 0 Å². The fourth-order valence-electron chi connectivity index (χ4n) is 4.54. The van der Waals surface area contributed by atoms with Crippen molar-refractivity contribution in [2.75, 3.05) is 36.8 Å². The molecule has 32 heavy (non-hydrogen) atoms. The average Bonchev–Trinajstić information content (AvgIpc) is 3.36. The number of amides is 2. The Labute approximate surface area is 192 Å². The maximum absolute atomic E-state index is 13.1. The molecule has 1 fully saturated rings. The molecule has 9 heteroatoms. The van der Waals surface area contributed by atoms with Gasteiger partial charge in [-0.05, 0) is 48.6 Å². The molecule has 1 saturated heterocycles. The summed E-state index contributed by atoms with van der Waals surface area (Å²) < 4.78 is 27.6. The third-order valence-corrected chi connectivity index (χ3v) is 9.30. The Kier molecular flexibility index (Phi) is 5.73. The summed E-state index contributed by atoms with van der Waals surface area (Å²) >= 11 is 1.38. The second-order valence-corrected chi connectivity index (χ2v) is 11.3. The molecule has 5 rings (SSSR count). The molecular formula is C23H25N3O4S2. The lowest BCUT2D eigenvalue weighted by molar-refractivity contribution is -0.132. The van der Waals surface area contributed by atoms with Crippen molar-refractivity contribution in [2.45, 2.75) is 35.6 Å². The first-order chi connectivity index (χ1) is 15.4. The minimum Gasteiger partial charge on any atom is -0.336 e. The Hall–Kier alpha value is -2.36. The number of thioether (sulfide) groups is 1. The number of hydrogen-bond donors (Lipinski definition) is 0. The summed E-state index contributed by atoms with van der Waals surface area (Å²) in [6.45, 7) is 2.10. The Morgan fingerprint density at radius 3 is 2.53 bits per heavy atom. The number of benzene rings is 2. The van der Waals surface area contributed by atoms with E-state index < -0.39 is 10.0 Å². The third-order valence-electron chi connectivity index (χ3n) is 6.35. The molecule has 0 N–H and O–H groups in total. The summed E-state index contributed by atoms with van der Waals surface area (Å²) in [5.74, 6) is -0.0658. The molecule has 3 heterocycles. The van der Waals surface area contributed by atoms with Crippen LogP contribution in [0.4, 0.5) is 5.69 Å². The lowest BCUT2D eigenvalue weighted by Gasteiger charge is -2.33. The van der Waals surface area contributed by atoms with Crippen LogP contribution >= 0.6 is 11.8 Å². The van der Waals surface area contributed by atoms with Gasteiger partial charge in [0, 0.05) is 31.1 Å². The van der Waals surface area contributed by atoms with Crippen molar-refractivity contribution < 1.29 is 18.0 Å². The summed E-state index contributed by atoms with van der Waals surface area (Å²) in [7, 11) is -3.60. The molecule has 2 aromatic carbocycles. The molecule has 168 valence electrons. The van der Waals surface area contributed by atoms with E-state index in [1.165, 1.54) is 26.5 Å². The monoisotopic (exact) mass is 471 g/mol. The summed E-state index contributed by atoms with van der Waals surface area (Å²) in [6.07, 6.45) is 2.51. The zero-order valence-corrected chi connectivity index (χ0v) is 19.3. The molecule has 3 aliphatic heterocycles. The van der Waals surface area contributed by atoms with Crippen molar-refractivity contribution in [2.24, 2.45) is 0 Å². The van der Waals surface area contributed by atoms with Crippen molar-refractivity contribution in [3.05, 3.63) is 53.6 Å². The molecule has 0 unspecified atom stereocenters. The summed E-state index contributed by atoms with van der Waals surface area (Å²) in [5, 5.41) is 0. The van der Waals surface area contributed by atoms with Crippen LogP contribution in [-0.2, 0) is 32.6 Å². The van der Waals surface area contributed by atoms with Crippen molar-refractivity contribution in [1.82, 2.24) is 9.21 Å². The first-order valence-corrected chi connectivity index (χ1v) is 13.3. The number of hydrogen-bond acceptors (Lipinski definition) is 5. The Balaban J connectivity index is 1.40. The highest BCUT2D eigenvalue weighted by molar-refractivity contribution is 8.00. The van der Waals surface area contributed by atoms with Crippen molar-refractivity contribution in [3.8, 4) is 0 Å². The molecule has 0 aromatic heterocycles. The van der Waals surface area contributed by atoms with E-state index >= 15 is 0 Å². The van der Waals surface area contributed by atoms with E-state index in [9.17, 15) is 18.0 Å². The van der Waals surface area contributed by atoms with Gasteiger partial charge in [-0.1, -0.05) is 24.3 Å². The zero-order chi connectivity index (χ0) is 22.3. The first kappa shape index (κ1) is 21.5. The average molecular weight is 472 g/mol. The highest BCUT2D eigenvalue weighted by Crippen LogP contribution is 2.38. The minimum absolute atomic E-state index is 0.0816. The van der Waals surface area contributed by atoms with E-state index in [1.54, 1.807) is 23.1 Å². The molecule has 0 bridgehead atoms. The van der Waals surface area contributed by atoms with E-state index in [0.717, 1.165) is 29.7 Å². The molecule has 2 amide bonds. The van der Waals surface area contributed by atoms with Gasteiger partial charge in [-0.2, -0.15) is 4.31 Å². The predicted molar refractivity (Wildman–Crippen MR) is 123 cm³/mol. The second kappa shape index (κ2) is 8.53. The standard InChI is InChI=1S/C23H25N3O4S2/c27-22(24-12-9-17-5-1-2-6-18(17)14-24)15-26-20-13-19(7-8-21(20)31-16-23(26)28)32(29,30)25-10-3-4-11-25/h1-2,5-8,13H,3-4,9-12,14-16H2. The van der Waals surface area contributed by atoms with Crippen LogP contribution in [0.3, 0.4) is 0 Å². The van der Waals surface area contributed by atoms with E-state index in [4.69, 9.17) is 0 Å². The van der Waals surface area contributed by atoms with Gasteiger partial charge >= 0.3 is 0 Å². The topological polar surface area (TPSA) is 78.0 Å². The van der Waals surface area contributed by atoms with Gasteiger partial charge in [-0.15, -0.1) is 11.8 Å². The summed E-state index contributed by atoms with van der Waals surface area (Å²) in [5.41, 5.74) is 2.90. The van der Waals surface area contributed by atoms with Gasteiger partial charge in [-0.25, -0.2) is 8.42 Å². The van der Waals surface area contributed by atoms with Crippen LogP contribution in [0, 0.1) is 0 Å². The molecule has 0 spiro atoms. The minimum atomic E-state index is -3.60. The van der Waals surface area contributed by atoms with E-state index in [0.29, 0.717) is 31.9 Å². The fraction of sp³-hybridized carbons (Fsp3) is 0.391. The van der Waals surface area contributed by atoms with Crippen LogP contribution in [0.15, 0.2) is 52.3 Å². The Bertz CT molecular complexity index is 1180. The van der Waals surface area contributed by atoms with Crippen LogP contribution in [0.25, 0.3) is 0 Å². The maximum atomic E-state index is 13.1. The second-order valence-electron chi connectivity index (χ2n) is 8.34. The van der Waals surface area contributed by atoms with Crippen molar-refractivity contribution >= 4 is 39.3 Å². The Morgan fingerprint density at radius 1 is 1.00 bits per heavy atom. The molecule has 0 atom stereocenters. The molecule has 0 saturated carbocycles. The zero-order valence-electron chi connectivity index (χ0n) is 17.7. The lowest BCUT2D eigenvalue weighted by Crippen LogP contribution is -2.46. The van der Waals surface area contributed by atoms with Gasteiger partial charge in [0.15, 0.2) is 0 Å². The number of carbonyl (C=O) groups is 2. The Morgan fingerprint density at radius 2 is 1.75 bits per heavy atom. The third kappa shape index (κ3) is 3.93. The molecular weight excluding hydrogens is 446 g/mol. The lowest BCUT2D eigenvalue weighted by atomic mass is 10.00. The molecule has 0 radical (unpaired) electrons. The van der Waals surface area contributed by atoms with Crippen LogP contribution in [0.1, 0.15) is 24.0 Å². The van der Waals surface area contributed by atoms with Gasteiger partial charge in [-0.3, -0.25) is 9.59 Å². The van der Waals surface area contributed by atoms with Gasteiger partial charge in [0.2, 0.25) is 21.8 Å². The molecule has 0 aliphatic carbocycles. The quantitative estimate of drug-likeness (QED) is 0.685.